The summed E-state index contributed by atoms with van der Waals surface area (Å²) in [5, 5.41) is 2.91. The van der Waals surface area contributed by atoms with Crippen LogP contribution in [0, 0.1) is 11.8 Å². The van der Waals surface area contributed by atoms with Crippen molar-refractivity contribution in [2.75, 3.05) is 45.3 Å². The standard InChI is InChI=1S/C23H32N2O4/c1-15-21-22(27)18-7-6-17(24-20(26)14-29-11-10-28-3)12-19(18)23(15,2)8-9-25(21)13-16-4-5-16/h6-7,12,15-16,21H,4-5,8-11,13-14H2,1-3H3,(H,24,26)/t15-,21-,23+/m0/s1. The highest BCUT2D eigenvalue weighted by molar-refractivity contribution is 6.04. The molecule has 3 aliphatic rings. The lowest BCUT2D eigenvalue weighted by atomic mass is 9.58. The average molecular weight is 401 g/mol. The fourth-order valence-corrected chi connectivity index (χ4v) is 4.99. The van der Waals surface area contributed by atoms with Crippen LogP contribution in [0.5, 0.6) is 0 Å². The summed E-state index contributed by atoms with van der Waals surface area (Å²) in [6.07, 6.45) is 3.64. The largest absolute Gasteiger partial charge is 0.382 e. The van der Waals surface area contributed by atoms with Crippen LogP contribution in [0.3, 0.4) is 0 Å². The molecule has 0 radical (unpaired) electrons. The van der Waals surface area contributed by atoms with Gasteiger partial charge in [0.25, 0.3) is 0 Å². The van der Waals surface area contributed by atoms with E-state index in [0.29, 0.717) is 13.2 Å². The molecule has 1 saturated carbocycles. The molecule has 1 aromatic carbocycles. The molecule has 6 nitrogen and oxygen atoms in total. The van der Waals surface area contributed by atoms with Crippen LogP contribution in [0.15, 0.2) is 18.2 Å². The third-order valence-electron chi connectivity index (χ3n) is 7.10. The van der Waals surface area contributed by atoms with E-state index in [1.165, 1.54) is 12.8 Å². The fraction of sp³-hybridized carbons (Fsp3) is 0.652. The minimum Gasteiger partial charge on any atom is -0.382 e. The van der Waals surface area contributed by atoms with Crippen LogP contribution >= 0.6 is 0 Å². The van der Waals surface area contributed by atoms with Crippen molar-refractivity contribution in [3.8, 4) is 0 Å². The van der Waals surface area contributed by atoms with E-state index >= 15 is 0 Å². The van der Waals surface area contributed by atoms with E-state index in [1.807, 2.05) is 18.2 Å². The van der Waals surface area contributed by atoms with E-state index in [1.54, 1.807) is 7.11 Å². The maximum atomic E-state index is 13.4. The second-order valence-electron chi connectivity index (χ2n) is 9.06. The maximum Gasteiger partial charge on any atom is 0.250 e. The Morgan fingerprint density at radius 2 is 2.10 bits per heavy atom. The number of methoxy groups -OCH3 is 1. The molecule has 0 spiro atoms. The van der Waals surface area contributed by atoms with Crippen LogP contribution in [0.4, 0.5) is 5.69 Å². The van der Waals surface area contributed by atoms with Crippen molar-refractivity contribution >= 4 is 17.4 Å². The number of nitrogens with one attached hydrogen (secondary N) is 1. The summed E-state index contributed by atoms with van der Waals surface area (Å²) in [6.45, 7) is 7.37. The van der Waals surface area contributed by atoms with Crippen molar-refractivity contribution in [1.29, 1.82) is 0 Å². The van der Waals surface area contributed by atoms with Gasteiger partial charge in [-0.25, -0.2) is 0 Å². The van der Waals surface area contributed by atoms with Crippen molar-refractivity contribution in [2.45, 2.75) is 44.6 Å². The maximum absolute atomic E-state index is 13.4. The molecule has 2 aliphatic carbocycles. The number of anilines is 1. The monoisotopic (exact) mass is 400 g/mol. The molecule has 0 unspecified atom stereocenters. The van der Waals surface area contributed by atoms with E-state index < -0.39 is 0 Å². The molecule has 0 aromatic heterocycles. The lowest BCUT2D eigenvalue weighted by Crippen LogP contribution is -2.61. The average Bonchev–Trinajstić information content (AvgIpc) is 3.51. The molecule has 1 heterocycles. The molecule has 29 heavy (non-hydrogen) atoms. The van der Waals surface area contributed by atoms with Crippen LogP contribution in [-0.2, 0) is 19.7 Å². The number of rotatable bonds is 8. The Morgan fingerprint density at radius 3 is 2.83 bits per heavy atom. The summed E-state index contributed by atoms with van der Waals surface area (Å²) in [5.74, 6) is 1.09. The minimum absolute atomic E-state index is 0.00868. The van der Waals surface area contributed by atoms with Gasteiger partial charge in [0.2, 0.25) is 5.91 Å². The lowest BCUT2D eigenvalue weighted by Gasteiger charge is -2.53. The highest BCUT2D eigenvalue weighted by atomic mass is 16.5. The number of fused-ring (bicyclic) bond motifs is 4. The summed E-state index contributed by atoms with van der Waals surface area (Å²) < 4.78 is 10.2. The predicted molar refractivity (Wildman–Crippen MR) is 111 cm³/mol. The van der Waals surface area contributed by atoms with Gasteiger partial charge in [-0.05, 0) is 66.8 Å². The Kier molecular flexibility index (Phi) is 5.78. The molecule has 2 bridgehead atoms. The Hall–Kier alpha value is -1.76. The van der Waals surface area contributed by atoms with E-state index in [9.17, 15) is 9.59 Å². The highest BCUT2D eigenvalue weighted by Gasteiger charge is 2.52. The van der Waals surface area contributed by atoms with Crippen molar-refractivity contribution in [2.24, 2.45) is 11.8 Å². The third kappa shape index (κ3) is 3.98. The van der Waals surface area contributed by atoms with Gasteiger partial charge < -0.3 is 14.8 Å². The molecule has 1 aliphatic heterocycles. The Balaban J connectivity index is 1.52. The molecule has 1 aromatic rings. The SMILES string of the molecule is COCCOCC(=O)Nc1ccc2c(c1)[C@]1(C)CCN(CC3CC3)[C@H](C2=O)[C@@H]1C. The summed E-state index contributed by atoms with van der Waals surface area (Å²) in [5.41, 5.74) is 2.58. The van der Waals surface area contributed by atoms with Gasteiger partial charge >= 0.3 is 0 Å². The Bertz CT molecular complexity index is 791. The van der Waals surface area contributed by atoms with Gasteiger partial charge in [-0.2, -0.15) is 0 Å². The Morgan fingerprint density at radius 1 is 1.31 bits per heavy atom. The molecule has 2 fully saturated rings. The van der Waals surface area contributed by atoms with E-state index in [4.69, 9.17) is 9.47 Å². The molecule has 1 saturated heterocycles. The van der Waals surface area contributed by atoms with Gasteiger partial charge in [0.1, 0.15) is 6.61 Å². The number of benzene rings is 1. The molecule has 6 heteroatoms. The smallest absolute Gasteiger partial charge is 0.250 e. The molecular weight excluding hydrogens is 368 g/mol. The second-order valence-corrected chi connectivity index (χ2v) is 9.06. The molecule has 1 N–H and O–H groups in total. The third-order valence-corrected chi connectivity index (χ3v) is 7.10. The number of hydrogen-bond acceptors (Lipinski definition) is 5. The van der Waals surface area contributed by atoms with Crippen LogP contribution < -0.4 is 5.32 Å². The first-order valence-electron chi connectivity index (χ1n) is 10.7. The topological polar surface area (TPSA) is 67.9 Å². The number of likely N-dealkylation sites (tertiary alicyclic amines) is 1. The van der Waals surface area contributed by atoms with Crippen molar-refractivity contribution in [3.63, 3.8) is 0 Å². The summed E-state index contributed by atoms with van der Waals surface area (Å²) in [7, 11) is 1.60. The zero-order valence-corrected chi connectivity index (χ0v) is 17.7. The number of amides is 1. The lowest BCUT2D eigenvalue weighted by molar-refractivity contribution is -0.121. The van der Waals surface area contributed by atoms with Crippen molar-refractivity contribution in [1.82, 2.24) is 4.90 Å². The van der Waals surface area contributed by atoms with Gasteiger partial charge in [-0.1, -0.05) is 13.8 Å². The fourth-order valence-electron chi connectivity index (χ4n) is 4.99. The molecule has 158 valence electrons. The number of carbonyl (C=O) groups excluding carboxylic acids is 2. The van der Waals surface area contributed by atoms with Crippen LogP contribution in [-0.4, -0.2) is 62.7 Å². The minimum atomic E-state index is -0.196. The van der Waals surface area contributed by atoms with Crippen molar-refractivity contribution < 1.29 is 19.1 Å². The predicted octanol–water partition coefficient (Wildman–Crippen LogP) is 2.86. The van der Waals surface area contributed by atoms with E-state index in [0.717, 1.165) is 42.2 Å². The van der Waals surface area contributed by atoms with Crippen LogP contribution in [0.25, 0.3) is 0 Å². The van der Waals surface area contributed by atoms with Crippen LogP contribution in [0.1, 0.15) is 49.0 Å². The number of hydrogen-bond donors (Lipinski definition) is 1. The highest BCUT2D eigenvalue weighted by Crippen LogP contribution is 2.49. The summed E-state index contributed by atoms with van der Waals surface area (Å²) >= 11 is 0. The number of ether oxygens (including phenoxy) is 2. The molecule has 4 rings (SSSR count). The number of nitrogens with zero attached hydrogens (tertiary/aromatic N) is 1. The Labute approximate surface area is 172 Å². The van der Waals surface area contributed by atoms with Crippen LogP contribution in [0.2, 0.25) is 0 Å². The van der Waals surface area contributed by atoms with Crippen molar-refractivity contribution in [3.05, 3.63) is 29.3 Å². The van der Waals surface area contributed by atoms with Gasteiger partial charge in [-0.3, -0.25) is 14.5 Å². The zero-order chi connectivity index (χ0) is 20.6. The zero-order valence-electron chi connectivity index (χ0n) is 17.7. The number of carbonyl (C=O) groups is 2. The molecule has 3 atom stereocenters. The summed E-state index contributed by atoms with van der Waals surface area (Å²) in [6, 6.07) is 5.72. The second kappa shape index (κ2) is 8.17. The molecule has 1 amide bonds. The summed E-state index contributed by atoms with van der Waals surface area (Å²) in [4.78, 5) is 28.0. The normalized spacial score (nSPS) is 28.9. The molecular formula is C23H32N2O4. The van der Waals surface area contributed by atoms with Gasteiger partial charge in [0.05, 0.1) is 19.3 Å². The van der Waals surface area contributed by atoms with Gasteiger partial charge in [0.15, 0.2) is 5.78 Å². The van der Waals surface area contributed by atoms with Gasteiger partial charge in [0, 0.05) is 24.9 Å². The number of piperidine rings is 1. The first-order valence-corrected chi connectivity index (χ1v) is 10.7. The first kappa shape index (κ1) is 20.5. The number of Topliss-reactive ketones (excluding diaryl/α,β-unsaturated/α-hetero) is 1. The van der Waals surface area contributed by atoms with Gasteiger partial charge in [-0.15, -0.1) is 0 Å². The first-order chi connectivity index (χ1) is 13.9. The van der Waals surface area contributed by atoms with E-state index in [-0.39, 0.29) is 35.7 Å². The number of ketones is 1. The quantitative estimate of drug-likeness (QED) is 0.680. The van der Waals surface area contributed by atoms with E-state index in [2.05, 4.69) is 24.1 Å².